The Morgan fingerprint density at radius 2 is 1.80 bits per heavy atom. The summed E-state index contributed by atoms with van der Waals surface area (Å²) in [6.45, 7) is 6.79. The molecule has 5 nitrogen and oxygen atoms in total. The van der Waals surface area contributed by atoms with E-state index >= 15 is 0 Å². The maximum Gasteiger partial charge on any atom is 0.320 e. The van der Waals surface area contributed by atoms with Crippen molar-refractivity contribution in [1.29, 1.82) is 0 Å². The van der Waals surface area contributed by atoms with Crippen molar-refractivity contribution in [3.05, 3.63) is 0 Å². The molecule has 0 radical (unpaired) electrons. The maximum atomic E-state index is 12.4. The van der Waals surface area contributed by atoms with Crippen molar-refractivity contribution in [2.24, 2.45) is 0 Å². The van der Waals surface area contributed by atoms with Gasteiger partial charge in [-0.3, -0.25) is 14.5 Å². The number of likely N-dealkylation sites (tertiary alicyclic amines) is 1. The highest BCUT2D eigenvalue weighted by atomic mass is 16.4. The van der Waals surface area contributed by atoms with Crippen LogP contribution in [0.2, 0.25) is 0 Å². The van der Waals surface area contributed by atoms with Crippen molar-refractivity contribution >= 4 is 11.9 Å². The second-order valence-corrected chi connectivity index (χ2v) is 5.55. The van der Waals surface area contributed by atoms with Crippen LogP contribution >= 0.6 is 0 Å². The molecule has 0 unspecified atom stereocenters. The van der Waals surface area contributed by atoms with Gasteiger partial charge in [-0.15, -0.1) is 0 Å². The Hall–Kier alpha value is -1.10. The molecule has 1 rings (SSSR count). The first kappa shape index (κ1) is 17.0. The summed E-state index contributed by atoms with van der Waals surface area (Å²) in [6, 6.07) is -0.474. The number of hydrogen-bond acceptors (Lipinski definition) is 3. The highest BCUT2D eigenvalue weighted by Gasteiger charge is 2.32. The number of hydrogen-bond donors (Lipinski definition) is 1. The third kappa shape index (κ3) is 5.12. The van der Waals surface area contributed by atoms with Crippen molar-refractivity contribution in [2.75, 3.05) is 26.2 Å². The van der Waals surface area contributed by atoms with E-state index in [4.69, 9.17) is 5.11 Å². The smallest absolute Gasteiger partial charge is 0.320 e. The SMILES string of the molecule is CCCCN(CCCC)C(=O)CN1CCC[C@@H]1C(=O)O. The summed E-state index contributed by atoms with van der Waals surface area (Å²) >= 11 is 0. The van der Waals surface area contributed by atoms with Gasteiger partial charge in [0.15, 0.2) is 0 Å². The van der Waals surface area contributed by atoms with Gasteiger partial charge in [-0.1, -0.05) is 26.7 Å². The molecule has 1 N–H and O–H groups in total. The van der Waals surface area contributed by atoms with E-state index in [1.165, 1.54) is 0 Å². The van der Waals surface area contributed by atoms with Gasteiger partial charge < -0.3 is 10.0 Å². The molecule has 20 heavy (non-hydrogen) atoms. The summed E-state index contributed by atoms with van der Waals surface area (Å²) in [6.07, 6.45) is 5.69. The minimum Gasteiger partial charge on any atom is -0.480 e. The molecule has 1 aliphatic heterocycles. The third-order valence-electron chi connectivity index (χ3n) is 3.90. The zero-order valence-electron chi connectivity index (χ0n) is 12.8. The molecule has 1 atom stereocenters. The number of carbonyl (C=O) groups is 2. The molecule has 0 aliphatic carbocycles. The highest BCUT2D eigenvalue weighted by molar-refractivity contribution is 5.80. The predicted octanol–water partition coefficient (Wildman–Crippen LogP) is 1.96. The molecule has 1 heterocycles. The van der Waals surface area contributed by atoms with Gasteiger partial charge in [0.1, 0.15) is 6.04 Å². The highest BCUT2D eigenvalue weighted by Crippen LogP contribution is 2.17. The Balaban J connectivity index is 2.53. The lowest BCUT2D eigenvalue weighted by atomic mass is 10.2. The number of amides is 1. The molecule has 0 saturated carbocycles. The Morgan fingerprint density at radius 3 is 2.30 bits per heavy atom. The van der Waals surface area contributed by atoms with Crippen molar-refractivity contribution in [3.8, 4) is 0 Å². The number of nitrogens with zero attached hydrogens (tertiary/aromatic N) is 2. The lowest BCUT2D eigenvalue weighted by Crippen LogP contribution is -2.45. The molecule has 0 aromatic carbocycles. The molecule has 1 aliphatic rings. The molecule has 0 aromatic heterocycles. The van der Waals surface area contributed by atoms with Gasteiger partial charge in [0.05, 0.1) is 6.54 Å². The number of carbonyl (C=O) groups excluding carboxylic acids is 1. The van der Waals surface area contributed by atoms with Crippen molar-refractivity contribution in [3.63, 3.8) is 0 Å². The summed E-state index contributed by atoms with van der Waals surface area (Å²) in [5, 5.41) is 9.15. The van der Waals surface area contributed by atoms with Crippen LogP contribution in [0, 0.1) is 0 Å². The fourth-order valence-electron chi connectivity index (χ4n) is 2.63. The van der Waals surface area contributed by atoms with E-state index in [1.807, 2.05) is 9.80 Å². The largest absolute Gasteiger partial charge is 0.480 e. The van der Waals surface area contributed by atoms with Crippen LogP contribution in [0.5, 0.6) is 0 Å². The fraction of sp³-hybridized carbons (Fsp3) is 0.867. The molecular weight excluding hydrogens is 256 g/mol. The molecular formula is C15H28N2O3. The van der Waals surface area contributed by atoms with Crippen LogP contribution in [-0.4, -0.2) is 59.0 Å². The summed E-state index contributed by atoms with van der Waals surface area (Å²) in [4.78, 5) is 27.2. The number of aliphatic carboxylic acids is 1. The first-order valence-corrected chi connectivity index (χ1v) is 7.84. The van der Waals surface area contributed by atoms with Crippen molar-refractivity contribution in [2.45, 2.75) is 58.4 Å². The Kier molecular flexibility index (Phi) is 7.59. The quantitative estimate of drug-likeness (QED) is 0.703. The molecule has 0 spiro atoms. The van der Waals surface area contributed by atoms with E-state index in [0.717, 1.165) is 51.7 Å². The van der Waals surface area contributed by atoms with Gasteiger partial charge in [-0.25, -0.2) is 0 Å². The van der Waals surface area contributed by atoms with Gasteiger partial charge in [-0.05, 0) is 32.2 Å². The van der Waals surface area contributed by atoms with Crippen LogP contribution in [0.4, 0.5) is 0 Å². The Labute approximate surface area is 121 Å². The van der Waals surface area contributed by atoms with Gasteiger partial charge >= 0.3 is 5.97 Å². The maximum absolute atomic E-state index is 12.4. The second kappa shape index (κ2) is 8.95. The topological polar surface area (TPSA) is 60.9 Å². The standard InChI is InChI=1S/C15H28N2O3/c1-3-5-9-16(10-6-4-2)14(18)12-17-11-7-8-13(17)15(19)20/h13H,3-12H2,1-2H3,(H,19,20)/t13-/m1/s1. The van der Waals surface area contributed by atoms with E-state index in [2.05, 4.69) is 13.8 Å². The molecule has 5 heteroatoms. The lowest BCUT2D eigenvalue weighted by Gasteiger charge is -2.27. The van der Waals surface area contributed by atoms with Crippen LogP contribution in [-0.2, 0) is 9.59 Å². The molecule has 116 valence electrons. The minimum atomic E-state index is -0.802. The van der Waals surface area contributed by atoms with E-state index < -0.39 is 12.0 Å². The summed E-state index contributed by atoms with van der Waals surface area (Å²) in [5.74, 6) is -0.719. The number of carboxylic acid groups (broad SMARTS) is 1. The van der Waals surface area contributed by atoms with E-state index in [1.54, 1.807) is 0 Å². The van der Waals surface area contributed by atoms with E-state index in [9.17, 15) is 9.59 Å². The second-order valence-electron chi connectivity index (χ2n) is 5.55. The zero-order valence-corrected chi connectivity index (χ0v) is 12.8. The zero-order chi connectivity index (χ0) is 15.0. The fourth-order valence-corrected chi connectivity index (χ4v) is 2.63. The molecule has 1 amide bonds. The minimum absolute atomic E-state index is 0.0834. The van der Waals surface area contributed by atoms with Crippen molar-refractivity contribution < 1.29 is 14.7 Å². The molecule has 0 bridgehead atoms. The van der Waals surface area contributed by atoms with Crippen LogP contribution in [0.15, 0.2) is 0 Å². The number of carboxylic acids is 1. The molecule has 0 aromatic rings. The molecule has 1 saturated heterocycles. The van der Waals surface area contributed by atoms with Crippen LogP contribution in [0.3, 0.4) is 0 Å². The first-order valence-electron chi connectivity index (χ1n) is 7.84. The van der Waals surface area contributed by atoms with Crippen LogP contribution in [0.1, 0.15) is 52.4 Å². The summed E-state index contributed by atoms with van der Waals surface area (Å²) in [7, 11) is 0. The monoisotopic (exact) mass is 284 g/mol. The number of unbranched alkanes of at least 4 members (excludes halogenated alkanes) is 2. The first-order chi connectivity index (χ1) is 9.60. The Morgan fingerprint density at radius 1 is 1.20 bits per heavy atom. The summed E-state index contributed by atoms with van der Waals surface area (Å²) < 4.78 is 0. The van der Waals surface area contributed by atoms with Gasteiger partial charge in [-0.2, -0.15) is 0 Å². The van der Waals surface area contributed by atoms with Crippen LogP contribution < -0.4 is 0 Å². The lowest BCUT2D eigenvalue weighted by molar-refractivity contribution is -0.143. The third-order valence-corrected chi connectivity index (χ3v) is 3.90. The van der Waals surface area contributed by atoms with E-state index in [-0.39, 0.29) is 12.5 Å². The van der Waals surface area contributed by atoms with Gasteiger partial charge in [0, 0.05) is 13.1 Å². The number of rotatable bonds is 9. The predicted molar refractivity (Wildman–Crippen MR) is 78.6 cm³/mol. The molecule has 1 fully saturated rings. The van der Waals surface area contributed by atoms with Gasteiger partial charge in [0.2, 0.25) is 5.91 Å². The average Bonchev–Trinajstić information content (AvgIpc) is 2.87. The Bertz CT molecular complexity index is 312. The van der Waals surface area contributed by atoms with Crippen LogP contribution in [0.25, 0.3) is 0 Å². The van der Waals surface area contributed by atoms with Crippen molar-refractivity contribution in [1.82, 2.24) is 9.80 Å². The average molecular weight is 284 g/mol. The van der Waals surface area contributed by atoms with Gasteiger partial charge in [0.25, 0.3) is 0 Å². The van der Waals surface area contributed by atoms with E-state index in [0.29, 0.717) is 6.42 Å². The normalized spacial score (nSPS) is 19.2. The summed E-state index contributed by atoms with van der Waals surface area (Å²) in [5.41, 5.74) is 0.